The van der Waals surface area contributed by atoms with E-state index in [-0.39, 0.29) is 63.2 Å². The fourth-order valence-electron chi connectivity index (χ4n) is 18.1. The van der Waals surface area contributed by atoms with E-state index >= 15 is 0 Å². The standard InChI is InChI=1S/C30H34F4N4O.C29H32F4N4O2.C26H30ClFN4O2/c31-26-10-9-23(18-24(26)30(32,33)34)36-28(39)38(16-5-4-15-37-13-2-1-3-14-37)27-11-12-29(19-25(27)29)22-8-6-7-21(17-22)20-35;30-25-7-6-22(17-23(25)29(31,32)33)35-27(38)37(11-2-1-10-36-12-14-39-15-13-36)26-8-9-28(18-24(26)28)21-5-3-4-20(16-21)19-34;27-23-17-21(6-7-24(23)28)30-25(33)32(15-14-31-12-1-2-13-31)22-8-10-26(34,11-9-22)20-5-3-4-19(16-20)18-29/h6-10,17-18,25,27H,1-5,11-16,19H2,(H,36,39);3-7,16-17,24,26H,1-2,8-15,18H2,(H,35,38);3-7,16-17,22,34H,1-2,8-15H2,(H,30,33)/t25-,27-,29-;24-,26-,28-;/m11./s1. The molecule has 6 aromatic carbocycles. The Morgan fingerprint density at radius 2 is 0.884 bits per heavy atom. The lowest BCUT2D eigenvalue weighted by molar-refractivity contribution is -0.140. The van der Waals surface area contributed by atoms with E-state index in [2.05, 4.69) is 48.9 Å². The molecule has 5 saturated carbocycles. The van der Waals surface area contributed by atoms with Gasteiger partial charge in [0.2, 0.25) is 0 Å². The summed E-state index contributed by atoms with van der Waals surface area (Å²) in [5.74, 6) is -2.82. The van der Waals surface area contributed by atoms with Crippen LogP contribution in [0.1, 0.15) is 167 Å². The highest BCUT2D eigenvalue weighted by atomic mass is 35.5. The van der Waals surface area contributed by atoms with Gasteiger partial charge in [-0.3, -0.25) is 4.90 Å². The van der Waals surface area contributed by atoms with E-state index in [1.165, 1.54) is 56.4 Å². The lowest BCUT2D eigenvalue weighted by Crippen LogP contribution is -2.49. The first-order valence-electron chi connectivity index (χ1n) is 39.2. The highest BCUT2D eigenvalue weighted by Gasteiger charge is 2.65. The van der Waals surface area contributed by atoms with E-state index in [9.17, 15) is 74.8 Å². The zero-order chi connectivity index (χ0) is 79.4. The summed E-state index contributed by atoms with van der Waals surface area (Å²) in [5, 5.41) is 47.3. The summed E-state index contributed by atoms with van der Waals surface area (Å²) < 4.78 is 126. The highest BCUT2D eigenvalue weighted by Crippen LogP contribution is 2.67. The summed E-state index contributed by atoms with van der Waals surface area (Å²) in [7, 11) is 0. The molecule has 596 valence electrons. The lowest BCUT2D eigenvalue weighted by Gasteiger charge is -2.41. The topological polar surface area (TPSA) is 208 Å². The van der Waals surface area contributed by atoms with E-state index < -0.39 is 58.6 Å². The highest BCUT2D eigenvalue weighted by molar-refractivity contribution is 6.31. The number of aliphatic hydroxyl groups is 1. The van der Waals surface area contributed by atoms with Crippen LogP contribution in [0.4, 0.5) is 71.0 Å². The molecule has 0 bridgehead atoms. The SMILES string of the molecule is N#Cc1cccc(C2(O)CCC(N(CCN3CCCC3)C(=O)Nc3ccc(F)c(Cl)c3)CC2)c1.N#Cc1cccc([C@]23CC[C@@H](N(CCCCN4CCCCC4)C(=O)Nc4ccc(F)c(C(F)(F)F)c4)[C@H]2C3)c1.N#Cc1cccc([C@]23CC[C@@H](N(CCCCN4CCOCC4)C(=O)Nc4ccc(F)c(C(F)(F)F)c4)[C@H]2C3)c1. The third kappa shape index (κ3) is 20.2. The van der Waals surface area contributed by atoms with E-state index in [1.807, 2.05) is 47.4 Å². The average Bonchev–Trinajstić information content (AvgIpc) is 1.54. The number of alkyl halides is 6. The molecule has 6 amide bonds. The van der Waals surface area contributed by atoms with Gasteiger partial charge >= 0.3 is 30.4 Å². The minimum Gasteiger partial charge on any atom is -0.385 e. The van der Waals surface area contributed by atoms with Gasteiger partial charge in [0.1, 0.15) is 17.5 Å². The van der Waals surface area contributed by atoms with Crippen LogP contribution in [-0.4, -0.2) is 162 Å². The van der Waals surface area contributed by atoms with Gasteiger partial charge in [0.05, 0.1) is 69.9 Å². The number of rotatable bonds is 22. The Morgan fingerprint density at radius 1 is 0.482 bits per heavy atom. The number of morpholine rings is 1. The number of hydrogen-bond donors (Lipinski definition) is 4. The van der Waals surface area contributed by atoms with Crippen molar-refractivity contribution in [3.8, 4) is 18.2 Å². The molecule has 17 nitrogen and oxygen atoms in total. The molecule has 6 atom stereocenters. The molecule has 3 aliphatic heterocycles. The first-order chi connectivity index (χ1) is 53.8. The fourth-order valence-corrected chi connectivity index (χ4v) is 18.3. The number of carbonyl (C=O) groups excluding carboxylic acids is 3. The second kappa shape index (κ2) is 36.5. The molecular formula is C85H96ClF9N12O5. The predicted octanol–water partition coefficient (Wildman–Crippen LogP) is 17.8. The molecule has 8 fully saturated rings. The second-order valence-electron chi connectivity index (χ2n) is 31.2. The summed E-state index contributed by atoms with van der Waals surface area (Å²) in [6.45, 7) is 11.7. The van der Waals surface area contributed by atoms with Crippen molar-refractivity contribution in [2.75, 3.05) is 108 Å². The number of anilines is 3. The molecule has 112 heavy (non-hydrogen) atoms. The number of nitrogens with one attached hydrogen (secondary N) is 3. The molecule has 14 rings (SSSR count). The number of piperidine rings is 1. The molecule has 5 aliphatic carbocycles. The maximum Gasteiger partial charge on any atom is 0.419 e. The van der Waals surface area contributed by atoms with E-state index in [0.717, 1.165) is 158 Å². The van der Waals surface area contributed by atoms with Gasteiger partial charge in [0, 0.05) is 85.3 Å². The van der Waals surface area contributed by atoms with Crippen molar-refractivity contribution in [1.29, 1.82) is 15.8 Å². The number of nitriles is 3. The lowest BCUT2D eigenvalue weighted by atomic mass is 9.77. The maximum absolute atomic E-state index is 13.8. The zero-order valence-electron chi connectivity index (χ0n) is 62.7. The van der Waals surface area contributed by atoms with Crippen LogP contribution in [0.25, 0.3) is 0 Å². The Kier molecular flexibility index (Phi) is 26.9. The van der Waals surface area contributed by atoms with Crippen LogP contribution < -0.4 is 16.0 Å². The Morgan fingerprint density at radius 3 is 1.32 bits per heavy atom. The molecular weight excluding hydrogens is 1480 g/mol. The number of hydrogen-bond acceptors (Lipinski definition) is 11. The molecule has 4 N–H and O–H groups in total. The van der Waals surface area contributed by atoms with Gasteiger partial charge in [0.15, 0.2) is 0 Å². The van der Waals surface area contributed by atoms with Crippen LogP contribution in [0.15, 0.2) is 127 Å². The number of ether oxygens (including phenoxy) is 1. The molecule has 27 heteroatoms. The van der Waals surface area contributed by atoms with E-state index in [4.69, 9.17) is 16.3 Å². The molecule has 0 unspecified atom stereocenters. The first kappa shape index (κ1) is 82.5. The van der Waals surface area contributed by atoms with Gasteiger partial charge in [0.25, 0.3) is 0 Å². The predicted molar refractivity (Wildman–Crippen MR) is 408 cm³/mol. The largest absolute Gasteiger partial charge is 0.419 e. The summed E-state index contributed by atoms with van der Waals surface area (Å²) in [6, 6.07) is 36.8. The van der Waals surface area contributed by atoms with Gasteiger partial charge in [-0.2, -0.15) is 42.1 Å². The normalized spacial score (nSPS) is 24.1. The van der Waals surface area contributed by atoms with Crippen LogP contribution in [0.2, 0.25) is 5.02 Å². The van der Waals surface area contributed by atoms with Gasteiger partial charge < -0.3 is 50.3 Å². The summed E-state index contributed by atoms with van der Waals surface area (Å²) >= 11 is 5.89. The smallest absolute Gasteiger partial charge is 0.385 e. The van der Waals surface area contributed by atoms with Crippen molar-refractivity contribution in [3.63, 3.8) is 0 Å². The van der Waals surface area contributed by atoms with Crippen LogP contribution in [-0.2, 0) is 33.5 Å². The molecule has 8 aliphatic rings. The summed E-state index contributed by atoms with van der Waals surface area (Å²) in [6.07, 6.45) is 7.15. The monoisotopic (exact) mass is 1570 g/mol. The Labute approximate surface area is 653 Å². The fraction of sp³-hybridized carbons (Fsp3) is 0.506. The van der Waals surface area contributed by atoms with Crippen molar-refractivity contribution < 1.29 is 63.7 Å². The Balaban J connectivity index is 0.000000156. The van der Waals surface area contributed by atoms with Crippen molar-refractivity contribution >= 4 is 46.8 Å². The molecule has 3 saturated heterocycles. The van der Waals surface area contributed by atoms with Crippen molar-refractivity contribution in [3.05, 3.63) is 194 Å². The number of urea groups is 3. The molecule has 3 heterocycles. The number of nitrogens with zero attached hydrogens (tertiary/aromatic N) is 9. The average molecular weight is 1570 g/mol. The number of amides is 6. The molecule has 0 aromatic heterocycles. The van der Waals surface area contributed by atoms with Gasteiger partial charge in [-0.1, -0.05) is 54.4 Å². The number of carbonyl (C=O) groups is 3. The number of benzene rings is 6. The van der Waals surface area contributed by atoms with Crippen LogP contribution in [0.3, 0.4) is 0 Å². The van der Waals surface area contributed by atoms with Crippen LogP contribution >= 0.6 is 11.6 Å². The number of unbranched alkanes of at least 4 members (excludes halogenated alkanes) is 2. The van der Waals surface area contributed by atoms with Crippen molar-refractivity contribution in [2.24, 2.45) is 11.8 Å². The quantitative estimate of drug-likeness (QED) is 0.0371. The van der Waals surface area contributed by atoms with E-state index in [0.29, 0.717) is 93.0 Å². The van der Waals surface area contributed by atoms with Crippen molar-refractivity contribution in [1.82, 2.24) is 29.4 Å². The number of halogens is 10. The Hall–Kier alpha value is -8.94. The van der Waals surface area contributed by atoms with Gasteiger partial charge in [-0.25, -0.2) is 27.6 Å². The first-order valence-corrected chi connectivity index (χ1v) is 39.6. The zero-order valence-corrected chi connectivity index (χ0v) is 63.5. The van der Waals surface area contributed by atoms with E-state index in [1.54, 1.807) is 40.1 Å². The molecule has 6 aromatic rings. The summed E-state index contributed by atoms with van der Waals surface area (Å²) in [5.41, 5.74) is 1.04. The van der Waals surface area contributed by atoms with Crippen LogP contribution in [0, 0.1) is 63.3 Å². The van der Waals surface area contributed by atoms with Crippen LogP contribution in [0.5, 0.6) is 0 Å². The summed E-state index contributed by atoms with van der Waals surface area (Å²) in [4.78, 5) is 52.9. The molecule has 0 spiro atoms. The third-order valence-electron chi connectivity index (χ3n) is 24.3. The third-order valence-corrected chi connectivity index (χ3v) is 24.6. The minimum absolute atomic E-state index is 0.0297. The maximum atomic E-state index is 13.8. The van der Waals surface area contributed by atoms with Crippen molar-refractivity contribution in [2.45, 2.75) is 169 Å². The minimum atomic E-state index is -4.86. The van der Waals surface area contributed by atoms with Gasteiger partial charge in [-0.15, -0.1) is 0 Å². The second-order valence-corrected chi connectivity index (χ2v) is 31.6. The molecule has 0 radical (unpaired) electrons. The Bertz CT molecular complexity index is 4220. The number of likely N-dealkylation sites (tertiary alicyclic amines) is 2. The number of fused-ring (bicyclic) bond motifs is 2. The van der Waals surface area contributed by atoms with Gasteiger partial charge in [-0.05, 0) is 274 Å².